The van der Waals surface area contributed by atoms with Gasteiger partial charge in [-0.05, 0) is 43.3 Å². The minimum Gasteiger partial charge on any atom is -0.403 e. The molecule has 152 valence electrons. The van der Waals surface area contributed by atoms with Crippen molar-refractivity contribution in [2.45, 2.75) is 16.7 Å². The highest BCUT2D eigenvalue weighted by Gasteiger charge is 2.18. The number of nitrogens with zero attached hydrogens (tertiary/aromatic N) is 3. The summed E-state index contributed by atoms with van der Waals surface area (Å²) >= 11 is 1.40. The summed E-state index contributed by atoms with van der Waals surface area (Å²) in [5.74, 6) is 0.121. The van der Waals surface area contributed by atoms with Gasteiger partial charge in [-0.3, -0.25) is 10.1 Å². The van der Waals surface area contributed by atoms with Gasteiger partial charge in [-0.15, -0.1) is 16.9 Å². The number of carbonyl (C=O) groups excluding carboxylic acids is 1. The van der Waals surface area contributed by atoms with E-state index in [4.69, 9.17) is 4.42 Å². The summed E-state index contributed by atoms with van der Waals surface area (Å²) in [5, 5.41) is 10.3. The van der Waals surface area contributed by atoms with Crippen LogP contribution in [0, 0.1) is 6.92 Å². The van der Waals surface area contributed by atoms with Gasteiger partial charge in [0, 0.05) is 24.6 Å². The minimum absolute atomic E-state index is 0.0144. The molecule has 0 saturated carbocycles. The third-order valence-corrected chi connectivity index (χ3v) is 6.78. The van der Waals surface area contributed by atoms with Crippen LogP contribution in [0.1, 0.15) is 5.56 Å². The Morgan fingerprint density at radius 2 is 1.72 bits per heavy atom. The first-order chi connectivity index (χ1) is 13.8. The van der Waals surface area contributed by atoms with E-state index in [0.29, 0.717) is 5.56 Å². The number of hydrogen-bond acceptors (Lipinski definition) is 7. The molecule has 0 aliphatic heterocycles. The molecule has 8 nitrogen and oxygen atoms in total. The fraction of sp³-hybridized carbons (Fsp3) is 0.211. The molecular weight excluding hydrogens is 412 g/mol. The van der Waals surface area contributed by atoms with Crippen molar-refractivity contribution < 1.29 is 17.6 Å². The number of amides is 1. The molecule has 0 aliphatic rings. The van der Waals surface area contributed by atoms with Crippen molar-refractivity contribution in [1.29, 1.82) is 0 Å². The molecule has 0 radical (unpaired) electrons. The van der Waals surface area contributed by atoms with Gasteiger partial charge in [0.2, 0.25) is 21.8 Å². The summed E-state index contributed by atoms with van der Waals surface area (Å²) in [4.78, 5) is 13.2. The number of carbonyl (C=O) groups is 1. The maximum absolute atomic E-state index is 12.1. The molecule has 3 rings (SSSR count). The first kappa shape index (κ1) is 21.0. The molecule has 3 aromatic rings. The van der Waals surface area contributed by atoms with Crippen LogP contribution in [0.3, 0.4) is 0 Å². The Morgan fingerprint density at radius 1 is 1.07 bits per heavy atom. The van der Waals surface area contributed by atoms with Crippen LogP contribution in [0.15, 0.2) is 62.7 Å². The number of sulfonamides is 1. The van der Waals surface area contributed by atoms with Crippen LogP contribution in [0.4, 0.5) is 6.01 Å². The molecule has 10 heteroatoms. The highest BCUT2D eigenvalue weighted by molar-refractivity contribution is 8.00. The van der Waals surface area contributed by atoms with Gasteiger partial charge >= 0.3 is 6.01 Å². The lowest BCUT2D eigenvalue weighted by Gasteiger charge is -2.11. The number of aromatic nitrogens is 2. The summed E-state index contributed by atoms with van der Waals surface area (Å²) in [6.07, 6.45) is 0. The number of hydrogen-bond donors (Lipinski definition) is 1. The van der Waals surface area contributed by atoms with Gasteiger partial charge in [-0.2, -0.15) is 0 Å². The van der Waals surface area contributed by atoms with Crippen molar-refractivity contribution >= 4 is 33.7 Å². The summed E-state index contributed by atoms with van der Waals surface area (Å²) in [7, 11) is -0.580. The molecule has 1 aromatic heterocycles. The SMILES string of the molecule is Cc1ccc(SCC(=O)Nc2nnc(-c3ccc(S(=O)(=O)N(C)C)cc3)o2)cc1. The van der Waals surface area contributed by atoms with Crippen LogP contribution < -0.4 is 5.32 Å². The Bertz CT molecular complexity index is 1090. The summed E-state index contributed by atoms with van der Waals surface area (Å²) in [6.45, 7) is 2.00. The largest absolute Gasteiger partial charge is 0.403 e. The molecule has 0 atom stereocenters. The monoisotopic (exact) mass is 432 g/mol. The van der Waals surface area contributed by atoms with Gasteiger partial charge < -0.3 is 4.42 Å². The second kappa shape index (κ2) is 8.76. The topological polar surface area (TPSA) is 105 Å². The van der Waals surface area contributed by atoms with Gasteiger partial charge in [-0.1, -0.05) is 22.8 Å². The second-order valence-electron chi connectivity index (χ2n) is 6.37. The standard InChI is InChI=1S/C19H20N4O4S2/c1-13-4-8-15(9-5-13)28-12-17(24)20-19-22-21-18(27-19)14-6-10-16(11-7-14)29(25,26)23(2)3/h4-11H,12H2,1-3H3,(H,20,22,24). The van der Waals surface area contributed by atoms with Crippen LogP contribution in [-0.2, 0) is 14.8 Å². The molecule has 29 heavy (non-hydrogen) atoms. The molecule has 1 amide bonds. The molecule has 0 fully saturated rings. The molecule has 0 unspecified atom stereocenters. The molecule has 0 spiro atoms. The zero-order valence-corrected chi connectivity index (χ0v) is 17.8. The quantitative estimate of drug-likeness (QED) is 0.572. The molecule has 1 heterocycles. The van der Waals surface area contributed by atoms with E-state index in [0.717, 1.165) is 14.8 Å². The van der Waals surface area contributed by atoms with E-state index < -0.39 is 10.0 Å². The smallest absolute Gasteiger partial charge is 0.322 e. The molecule has 2 aromatic carbocycles. The van der Waals surface area contributed by atoms with Gasteiger partial charge in [0.15, 0.2) is 0 Å². The lowest BCUT2D eigenvalue weighted by atomic mass is 10.2. The number of aryl methyl sites for hydroxylation is 1. The van der Waals surface area contributed by atoms with Crippen molar-refractivity contribution in [3.05, 3.63) is 54.1 Å². The zero-order chi connectivity index (χ0) is 21.0. The fourth-order valence-corrected chi connectivity index (χ4v) is 3.91. The van der Waals surface area contributed by atoms with Crippen molar-refractivity contribution in [2.75, 3.05) is 25.2 Å². The van der Waals surface area contributed by atoms with E-state index in [-0.39, 0.29) is 28.5 Å². The third-order valence-electron chi connectivity index (χ3n) is 3.94. The number of anilines is 1. The highest BCUT2D eigenvalue weighted by atomic mass is 32.2. The van der Waals surface area contributed by atoms with E-state index in [1.54, 1.807) is 12.1 Å². The van der Waals surface area contributed by atoms with Gasteiger partial charge in [0.1, 0.15) is 0 Å². The molecule has 1 N–H and O–H groups in total. The van der Waals surface area contributed by atoms with E-state index in [2.05, 4.69) is 15.5 Å². The summed E-state index contributed by atoms with van der Waals surface area (Å²) in [6, 6.07) is 13.9. The lowest BCUT2D eigenvalue weighted by molar-refractivity contribution is -0.113. The van der Waals surface area contributed by atoms with Gasteiger partial charge in [0.25, 0.3) is 0 Å². The number of benzene rings is 2. The predicted molar refractivity (Wildman–Crippen MR) is 111 cm³/mol. The normalized spacial score (nSPS) is 11.6. The van der Waals surface area contributed by atoms with E-state index in [1.165, 1.54) is 38.0 Å². The van der Waals surface area contributed by atoms with Crippen molar-refractivity contribution in [3.8, 4) is 11.5 Å². The van der Waals surface area contributed by atoms with Crippen molar-refractivity contribution in [1.82, 2.24) is 14.5 Å². The first-order valence-corrected chi connectivity index (χ1v) is 11.0. The Hall–Kier alpha value is -2.69. The molecule has 0 aliphatic carbocycles. The fourth-order valence-electron chi connectivity index (χ4n) is 2.31. The zero-order valence-electron chi connectivity index (χ0n) is 16.1. The minimum atomic E-state index is -3.51. The Morgan fingerprint density at radius 3 is 2.34 bits per heavy atom. The van der Waals surface area contributed by atoms with Crippen LogP contribution in [-0.4, -0.2) is 48.7 Å². The number of nitrogens with one attached hydrogen (secondary N) is 1. The predicted octanol–water partition coefficient (Wildman–Crippen LogP) is 3.03. The first-order valence-electron chi connectivity index (χ1n) is 8.61. The summed E-state index contributed by atoms with van der Waals surface area (Å²) < 4.78 is 30.8. The maximum Gasteiger partial charge on any atom is 0.322 e. The average Bonchev–Trinajstić information content (AvgIpc) is 3.16. The van der Waals surface area contributed by atoms with E-state index in [1.807, 2.05) is 31.2 Å². The van der Waals surface area contributed by atoms with Crippen LogP contribution in [0.2, 0.25) is 0 Å². The van der Waals surface area contributed by atoms with E-state index in [9.17, 15) is 13.2 Å². The van der Waals surface area contributed by atoms with Crippen LogP contribution >= 0.6 is 11.8 Å². The third kappa shape index (κ3) is 5.22. The van der Waals surface area contributed by atoms with Crippen molar-refractivity contribution in [2.24, 2.45) is 0 Å². The number of thioether (sulfide) groups is 1. The highest BCUT2D eigenvalue weighted by Crippen LogP contribution is 2.23. The number of rotatable bonds is 7. The maximum atomic E-state index is 12.1. The molecule has 0 saturated heterocycles. The Labute approximate surface area is 173 Å². The van der Waals surface area contributed by atoms with Gasteiger partial charge in [-0.25, -0.2) is 12.7 Å². The average molecular weight is 433 g/mol. The van der Waals surface area contributed by atoms with Crippen molar-refractivity contribution in [3.63, 3.8) is 0 Å². The molecule has 0 bridgehead atoms. The van der Waals surface area contributed by atoms with Crippen LogP contribution in [0.5, 0.6) is 0 Å². The lowest BCUT2D eigenvalue weighted by Crippen LogP contribution is -2.22. The second-order valence-corrected chi connectivity index (χ2v) is 9.57. The Kier molecular flexibility index (Phi) is 6.36. The van der Waals surface area contributed by atoms with Crippen LogP contribution in [0.25, 0.3) is 11.5 Å². The summed E-state index contributed by atoms with van der Waals surface area (Å²) in [5.41, 5.74) is 1.70. The Balaban J connectivity index is 1.61. The van der Waals surface area contributed by atoms with Gasteiger partial charge in [0.05, 0.1) is 10.6 Å². The molecular formula is C19H20N4O4S2. The van der Waals surface area contributed by atoms with E-state index >= 15 is 0 Å².